The second-order valence-corrected chi connectivity index (χ2v) is 4.59. The van der Waals surface area contributed by atoms with Crippen molar-refractivity contribution < 1.29 is 0 Å². The maximum atomic E-state index is 3.57. The Balaban J connectivity index is 2.29. The zero-order valence-corrected chi connectivity index (χ0v) is 10.3. The second kappa shape index (κ2) is 5.20. The standard InChI is InChI=1S/C15H21N/c1-3-7-12(8-4-2)15-11-13-9-5-6-10-14(13)16-15/h5-6,9-12,16H,3-4,7-8H2,1-2H3. The normalized spacial score (nSPS) is 11.4. The van der Waals surface area contributed by atoms with Crippen LogP contribution in [0.25, 0.3) is 10.9 Å². The van der Waals surface area contributed by atoms with E-state index in [1.165, 1.54) is 42.3 Å². The van der Waals surface area contributed by atoms with Gasteiger partial charge in [0.15, 0.2) is 0 Å². The molecule has 1 nitrogen and oxygen atoms in total. The van der Waals surface area contributed by atoms with Gasteiger partial charge in [-0.2, -0.15) is 0 Å². The molecule has 0 amide bonds. The number of aromatic amines is 1. The smallest absolute Gasteiger partial charge is 0.0456 e. The molecule has 86 valence electrons. The fraction of sp³-hybridized carbons (Fsp3) is 0.467. The lowest BCUT2D eigenvalue weighted by Crippen LogP contribution is -1.98. The Hall–Kier alpha value is -1.24. The van der Waals surface area contributed by atoms with Crippen LogP contribution in [0.15, 0.2) is 30.3 Å². The molecule has 2 aromatic rings. The van der Waals surface area contributed by atoms with E-state index in [-0.39, 0.29) is 0 Å². The number of nitrogens with one attached hydrogen (secondary N) is 1. The molecule has 0 aliphatic heterocycles. The molecule has 0 saturated carbocycles. The molecular weight excluding hydrogens is 194 g/mol. The average molecular weight is 215 g/mol. The van der Waals surface area contributed by atoms with Crippen molar-refractivity contribution >= 4 is 10.9 Å². The predicted octanol–water partition coefficient (Wildman–Crippen LogP) is 4.85. The first-order valence-electron chi connectivity index (χ1n) is 6.42. The predicted molar refractivity (Wildman–Crippen MR) is 70.9 cm³/mol. The van der Waals surface area contributed by atoms with Gasteiger partial charge in [0, 0.05) is 11.2 Å². The number of fused-ring (bicyclic) bond motifs is 1. The van der Waals surface area contributed by atoms with E-state index in [0.717, 1.165) is 0 Å². The lowest BCUT2D eigenvalue weighted by Gasteiger charge is -2.13. The van der Waals surface area contributed by atoms with E-state index < -0.39 is 0 Å². The lowest BCUT2D eigenvalue weighted by molar-refractivity contribution is 0.551. The van der Waals surface area contributed by atoms with Gasteiger partial charge >= 0.3 is 0 Å². The van der Waals surface area contributed by atoms with Gasteiger partial charge in [0.1, 0.15) is 0 Å². The summed E-state index contributed by atoms with van der Waals surface area (Å²) in [5.41, 5.74) is 2.69. The first-order valence-corrected chi connectivity index (χ1v) is 6.42. The molecule has 0 fully saturated rings. The van der Waals surface area contributed by atoms with E-state index in [0.29, 0.717) is 5.92 Å². The van der Waals surface area contributed by atoms with Gasteiger partial charge in [-0.05, 0) is 36.3 Å². The van der Waals surface area contributed by atoms with Crippen molar-refractivity contribution in [1.82, 2.24) is 4.98 Å². The zero-order valence-electron chi connectivity index (χ0n) is 10.3. The molecule has 0 atom stereocenters. The minimum atomic E-state index is 0.711. The van der Waals surface area contributed by atoms with Crippen LogP contribution in [0.3, 0.4) is 0 Å². The van der Waals surface area contributed by atoms with E-state index in [9.17, 15) is 0 Å². The molecule has 1 N–H and O–H groups in total. The first kappa shape index (κ1) is 11.3. The number of benzene rings is 1. The maximum Gasteiger partial charge on any atom is 0.0456 e. The third-order valence-electron chi connectivity index (χ3n) is 3.26. The van der Waals surface area contributed by atoms with E-state index in [1.54, 1.807) is 0 Å². The highest BCUT2D eigenvalue weighted by Gasteiger charge is 2.11. The number of hydrogen-bond donors (Lipinski definition) is 1. The van der Waals surface area contributed by atoms with Gasteiger partial charge in [0.05, 0.1) is 0 Å². The van der Waals surface area contributed by atoms with Crippen LogP contribution in [0.2, 0.25) is 0 Å². The number of para-hydroxylation sites is 1. The van der Waals surface area contributed by atoms with Crippen LogP contribution in [-0.4, -0.2) is 4.98 Å². The van der Waals surface area contributed by atoms with Gasteiger partial charge in [-0.25, -0.2) is 0 Å². The van der Waals surface area contributed by atoms with Crippen molar-refractivity contribution in [3.8, 4) is 0 Å². The van der Waals surface area contributed by atoms with Crippen molar-refractivity contribution in [2.24, 2.45) is 0 Å². The number of rotatable bonds is 5. The van der Waals surface area contributed by atoms with Crippen LogP contribution >= 0.6 is 0 Å². The van der Waals surface area contributed by atoms with E-state index in [2.05, 4.69) is 49.2 Å². The molecule has 16 heavy (non-hydrogen) atoms. The van der Waals surface area contributed by atoms with Gasteiger partial charge in [0.2, 0.25) is 0 Å². The molecule has 0 aliphatic carbocycles. The van der Waals surface area contributed by atoms with Crippen molar-refractivity contribution in [2.75, 3.05) is 0 Å². The number of hydrogen-bond acceptors (Lipinski definition) is 0. The zero-order chi connectivity index (χ0) is 11.4. The SMILES string of the molecule is CCCC(CCC)c1cc2ccccc2[nH]1. The van der Waals surface area contributed by atoms with E-state index in [4.69, 9.17) is 0 Å². The maximum absolute atomic E-state index is 3.57. The molecule has 0 aliphatic rings. The van der Waals surface area contributed by atoms with Crippen molar-refractivity contribution in [3.05, 3.63) is 36.0 Å². The first-order chi connectivity index (χ1) is 7.85. The Morgan fingerprint density at radius 3 is 2.38 bits per heavy atom. The van der Waals surface area contributed by atoms with Crippen LogP contribution in [0.1, 0.15) is 51.1 Å². The molecule has 0 spiro atoms. The fourth-order valence-electron chi connectivity index (χ4n) is 2.47. The molecule has 0 saturated heterocycles. The third-order valence-corrected chi connectivity index (χ3v) is 3.26. The summed E-state index contributed by atoms with van der Waals surface area (Å²) in [6.45, 7) is 4.54. The number of aromatic nitrogens is 1. The fourth-order valence-corrected chi connectivity index (χ4v) is 2.47. The summed E-state index contributed by atoms with van der Waals surface area (Å²) in [7, 11) is 0. The molecule has 1 heteroatoms. The minimum Gasteiger partial charge on any atom is -0.358 e. The van der Waals surface area contributed by atoms with Crippen LogP contribution in [0, 0.1) is 0 Å². The highest BCUT2D eigenvalue weighted by atomic mass is 14.7. The van der Waals surface area contributed by atoms with Gasteiger partial charge in [-0.1, -0.05) is 44.9 Å². The van der Waals surface area contributed by atoms with Gasteiger partial charge in [-0.3, -0.25) is 0 Å². The summed E-state index contributed by atoms with van der Waals surface area (Å²) in [5, 5.41) is 1.34. The van der Waals surface area contributed by atoms with Crippen molar-refractivity contribution in [2.45, 2.75) is 45.4 Å². The third kappa shape index (κ3) is 2.29. The molecule has 0 bridgehead atoms. The molecule has 1 aromatic heterocycles. The summed E-state index contributed by atoms with van der Waals surface area (Å²) in [6, 6.07) is 10.9. The molecule has 1 aromatic carbocycles. The number of H-pyrrole nitrogens is 1. The molecular formula is C15H21N. The molecule has 0 radical (unpaired) electrons. The van der Waals surface area contributed by atoms with Gasteiger partial charge in [0.25, 0.3) is 0 Å². The summed E-state index contributed by atoms with van der Waals surface area (Å²) in [6.07, 6.45) is 5.11. The topological polar surface area (TPSA) is 15.8 Å². The van der Waals surface area contributed by atoms with Crippen LogP contribution in [0.4, 0.5) is 0 Å². The van der Waals surface area contributed by atoms with Crippen LogP contribution in [-0.2, 0) is 0 Å². The minimum absolute atomic E-state index is 0.711. The summed E-state index contributed by atoms with van der Waals surface area (Å²) in [4.78, 5) is 3.57. The average Bonchev–Trinajstić information content (AvgIpc) is 2.72. The monoisotopic (exact) mass is 215 g/mol. The molecule has 1 heterocycles. The lowest BCUT2D eigenvalue weighted by atomic mass is 9.95. The Bertz CT molecular complexity index is 402. The Labute approximate surface area is 97.9 Å². The summed E-state index contributed by atoms with van der Waals surface area (Å²) < 4.78 is 0. The summed E-state index contributed by atoms with van der Waals surface area (Å²) >= 11 is 0. The van der Waals surface area contributed by atoms with Crippen LogP contribution in [0.5, 0.6) is 0 Å². The largest absolute Gasteiger partial charge is 0.358 e. The van der Waals surface area contributed by atoms with E-state index >= 15 is 0 Å². The highest BCUT2D eigenvalue weighted by Crippen LogP contribution is 2.28. The highest BCUT2D eigenvalue weighted by molar-refractivity contribution is 5.80. The summed E-state index contributed by atoms with van der Waals surface area (Å²) in [5.74, 6) is 0.711. The van der Waals surface area contributed by atoms with Gasteiger partial charge in [-0.15, -0.1) is 0 Å². The Kier molecular flexibility index (Phi) is 3.66. The Morgan fingerprint density at radius 1 is 1.06 bits per heavy atom. The van der Waals surface area contributed by atoms with E-state index in [1.807, 2.05) is 0 Å². The van der Waals surface area contributed by atoms with Crippen molar-refractivity contribution in [1.29, 1.82) is 0 Å². The second-order valence-electron chi connectivity index (χ2n) is 4.59. The molecule has 0 unspecified atom stereocenters. The van der Waals surface area contributed by atoms with Crippen molar-refractivity contribution in [3.63, 3.8) is 0 Å². The van der Waals surface area contributed by atoms with Crippen LogP contribution < -0.4 is 0 Å². The quantitative estimate of drug-likeness (QED) is 0.733. The molecule has 2 rings (SSSR count). The Morgan fingerprint density at radius 2 is 1.75 bits per heavy atom. The van der Waals surface area contributed by atoms with Gasteiger partial charge < -0.3 is 4.98 Å².